The van der Waals surface area contributed by atoms with Crippen molar-refractivity contribution in [3.05, 3.63) is 0 Å². The maximum atomic E-state index is 12.3. The summed E-state index contributed by atoms with van der Waals surface area (Å²) in [6.45, 7) is 2.98. The van der Waals surface area contributed by atoms with Gasteiger partial charge in [0.1, 0.15) is 0 Å². The molecule has 1 atom stereocenters. The van der Waals surface area contributed by atoms with E-state index in [1.807, 2.05) is 11.5 Å². The van der Waals surface area contributed by atoms with E-state index in [0.29, 0.717) is 24.9 Å². The fourth-order valence-corrected chi connectivity index (χ4v) is 2.38. The number of imide groups is 1. The van der Waals surface area contributed by atoms with Crippen molar-refractivity contribution in [2.24, 2.45) is 4.99 Å². The minimum absolute atomic E-state index is 0.0262. The lowest BCUT2D eigenvalue weighted by Crippen LogP contribution is -2.61. The van der Waals surface area contributed by atoms with Crippen LogP contribution in [-0.4, -0.2) is 83.0 Å². The smallest absolute Gasteiger partial charge is 0.390 e. The first-order chi connectivity index (χ1) is 9.52. The van der Waals surface area contributed by atoms with Gasteiger partial charge in [0.05, 0.1) is 19.7 Å². The lowest BCUT2D eigenvalue weighted by molar-refractivity contribution is -0.537. The van der Waals surface area contributed by atoms with Crippen LogP contribution < -0.4 is 5.32 Å². The zero-order chi connectivity index (χ0) is 14.9. The Morgan fingerprint density at radius 3 is 2.65 bits per heavy atom. The molecule has 2 rings (SSSR count). The highest BCUT2D eigenvalue weighted by Gasteiger charge is 2.50. The summed E-state index contributed by atoms with van der Waals surface area (Å²) in [5.74, 6) is 0.692. The second-order valence-electron chi connectivity index (χ2n) is 4.78. The molecule has 20 heavy (non-hydrogen) atoms. The van der Waals surface area contributed by atoms with Crippen molar-refractivity contribution in [2.45, 2.75) is 19.4 Å². The number of likely N-dealkylation sites (N-methyl/N-ethyl adjacent to an activating group) is 2. The summed E-state index contributed by atoms with van der Waals surface area (Å²) in [5, 5.41) is 11.9. The number of aliphatic hydroxyl groups is 1. The monoisotopic (exact) mass is 282 g/mol. The van der Waals surface area contributed by atoms with Crippen molar-refractivity contribution in [1.82, 2.24) is 15.1 Å². The number of amides is 3. The average Bonchev–Trinajstić information content (AvgIpc) is 2.80. The van der Waals surface area contributed by atoms with Crippen LogP contribution in [0.25, 0.3) is 0 Å². The maximum absolute atomic E-state index is 12.3. The van der Waals surface area contributed by atoms with Crippen LogP contribution in [0, 0.1) is 0 Å². The van der Waals surface area contributed by atoms with E-state index in [9.17, 15) is 9.59 Å². The molecule has 2 heterocycles. The van der Waals surface area contributed by atoms with E-state index in [2.05, 4.69) is 10.3 Å². The molecule has 1 unspecified atom stereocenters. The topological polar surface area (TPSA) is 88.2 Å². The molecule has 0 aromatic heterocycles. The Morgan fingerprint density at radius 2 is 2.05 bits per heavy atom. The van der Waals surface area contributed by atoms with Gasteiger partial charge in [-0.15, -0.1) is 0 Å². The fraction of sp³-hybridized carbons (Fsp3) is 0.667. The first kappa shape index (κ1) is 14.4. The first-order valence-corrected chi connectivity index (χ1v) is 6.65. The van der Waals surface area contributed by atoms with E-state index in [0.717, 1.165) is 11.3 Å². The van der Waals surface area contributed by atoms with E-state index < -0.39 is 6.04 Å². The van der Waals surface area contributed by atoms with E-state index in [1.165, 1.54) is 11.9 Å². The van der Waals surface area contributed by atoms with Gasteiger partial charge in [-0.1, -0.05) is 11.9 Å². The predicted molar refractivity (Wildman–Crippen MR) is 72.7 cm³/mol. The molecule has 0 spiro atoms. The molecule has 3 amide bonds. The molecule has 0 aromatic rings. The van der Waals surface area contributed by atoms with Crippen LogP contribution in [0.4, 0.5) is 4.79 Å². The molecule has 2 aliphatic heterocycles. The van der Waals surface area contributed by atoms with Crippen LogP contribution >= 0.6 is 0 Å². The summed E-state index contributed by atoms with van der Waals surface area (Å²) in [4.78, 5) is 31.1. The number of nitrogens with one attached hydrogen (secondary N) is 1. The highest BCUT2D eigenvalue weighted by molar-refractivity contribution is 6.22. The molecule has 1 fully saturated rings. The second kappa shape index (κ2) is 5.58. The number of fused-ring (bicyclic) bond motifs is 1. The normalized spacial score (nSPS) is 22.4. The molecule has 8 heteroatoms. The van der Waals surface area contributed by atoms with Crippen LogP contribution in [0.2, 0.25) is 0 Å². The number of aliphatic hydroxyl groups excluding tert-OH is 1. The van der Waals surface area contributed by atoms with E-state index in [1.54, 1.807) is 7.05 Å². The summed E-state index contributed by atoms with van der Waals surface area (Å²) in [6, 6.07) is -0.950. The zero-order valence-corrected chi connectivity index (χ0v) is 12.0. The number of urea groups is 1. The zero-order valence-electron chi connectivity index (χ0n) is 12.0. The molecule has 2 aliphatic rings. The molecular formula is C12H20N5O3+. The minimum Gasteiger partial charge on any atom is -0.393 e. The van der Waals surface area contributed by atoms with Crippen LogP contribution in [0.5, 0.6) is 0 Å². The predicted octanol–water partition coefficient (Wildman–Crippen LogP) is -1.35. The Kier molecular flexibility index (Phi) is 4.03. The SMILES string of the molecule is CCC[N+]1=C(NCCO)N=C2C1C(=O)N(C)C(=O)N2C. The number of carbonyl (C=O) groups excluding carboxylic acids is 2. The quantitative estimate of drug-likeness (QED) is 0.624. The van der Waals surface area contributed by atoms with Crippen molar-refractivity contribution in [1.29, 1.82) is 0 Å². The molecule has 0 aliphatic carbocycles. The van der Waals surface area contributed by atoms with Crippen LogP contribution in [0.3, 0.4) is 0 Å². The van der Waals surface area contributed by atoms with Gasteiger partial charge in [-0.25, -0.2) is 9.37 Å². The van der Waals surface area contributed by atoms with Crippen LogP contribution in [0.15, 0.2) is 4.99 Å². The summed E-state index contributed by atoms with van der Waals surface area (Å²) in [5.41, 5.74) is 0. The number of carbonyl (C=O) groups is 2. The van der Waals surface area contributed by atoms with Gasteiger partial charge in [-0.3, -0.25) is 19.9 Å². The Hall–Kier alpha value is -1.96. The van der Waals surface area contributed by atoms with Crippen molar-refractivity contribution in [3.8, 4) is 0 Å². The second-order valence-corrected chi connectivity index (χ2v) is 4.78. The third-order valence-electron chi connectivity index (χ3n) is 3.39. The van der Waals surface area contributed by atoms with Crippen molar-refractivity contribution in [3.63, 3.8) is 0 Å². The van der Waals surface area contributed by atoms with Crippen molar-refractivity contribution in [2.75, 3.05) is 33.8 Å². The lowest BCUT2D eigenvalue weighted by Gasteiger charge is -2.31. The van der Waals surface area contributed by atoms with Gasteiger partial charge in [-0.05, 0) is 6.42 Å². The number of nitrogens with zero attached hydrogens (tertiary/aromatic N) is 4. The molecule has 110 valence electrons. The van der Waals surface area contributed by atoms with Gasteiger partial charge in [0.15, 0.2) is 0 Å². The summed E-state index contributed by atoms with van der Waals surface area (Å²) in [6.07, 6.45) is 0.845. The van der Waals surface area contributed by atoms with Gasteiger partial charge >= 0.3 is 12.0 Å². The third kappa shape index (κ3) is 2.15. The maximum Gasteiger partial charge on any atom is 0.390 e. The number of hydrogen-bond acceptors (Lipinski definition) is 5. The van der Waals surface area contributed by atoms with Gasteiger partial charge in [-0.2, -0.15) is 0 Å². The average molecular weight is 282 g/mol. The number of rotatable bonds is 4. The number of aliphatic imine (C=N–C) groups is 1. The van der Waals surface area contributed by atoms with Crippen LogP contribution in [0.1, 0.15) is 13.3 Å². The molecular weight excluding hydrogens is 262 g/mol. The fourth-order valence-electron chi connectivity index (χ4n) is 2.38. The largest absolute Gasteiger partial charge is 0.393 e. The van der Waals surface area contributed by atoms with E-state index in [4.69, 9.17) is 5.11 Å². The third-order valence-corrected chi connectivity index (χ3v) is 3.39. The van der Waals surface area contributed by atoms with Gasteiger partial charge in [0.2, 0.25) is 11.9 Å². The number of hydrogen-bond donors (Lipinski definition) is 2. The molecule has 0 bridgehead atoms. The van der Waals surface area contributed by atoms with E-state index >= 15 is 0 Å². The lowest BCUT2D eigenvalue weighted by atomic mass is 10.1. The summed E-state index contributed by atoms with van der Waals surface area (Å²) >= 11 is 0. The Bertz CT molecular complexity index is 499. The molecule has 0 saturated carbocycles. The summed E-state index contributed by atoms with van der Waals surface area (Å²) in [7, 11) is 3.08. The van der Waals surface area contributed by atoms with Crippen molar-refractivity contribution >= 4 is 23.7 Å². The molecule has 8 nitrogen and oxygen atoms in total. The summed E-state index contributed by atoms with van der Waals surface area (Å²) < 4.78 is 1.84. The molecule has 0 aromatic carbocycles. The molecule has 0 radical (unpaired) electrons. The molecule has 2 N–H and O–H groups in total. The highest BCUT2D eigenvalue weighted by Crippen LogP contribution is 2.18. The first-order valence-electron chi connectivity index (χ1n) is 6.65. The number of guanidine groups is 1. The Labute approximate surface area is 117 Å². The van der Waals surface area contributed by atoms with Gasteiger partial charge < -0.3 is 5.11 Å². The van der Waals surface area contributed by atoms with E-state index in [-0.39, 0.29) is 18.5 Å². The Balaban J connectivity index is 2.38. The van der Waals surface area contributed by atoms with Crippen molar-refractivity contribution < 1.29 is 19.3 Å². The van der Waals surface area contributed by atoms with Gasteiger partial charge in [0, 0.05) is 14.1 Å². The van der Waals surface area contributed by atoms with Crippen LogP contribution in [-0.2, 0) is 4.79 Å². The molecule has 1 saturated heterocycles. The minimum atomic E-state index is -0.566. The standard InChI is InChI=1S/C12H19N5O3/c1-4-6-17-8-9(14-11(17)13-5-7-18)15(2)12(20)16(3)10(8)19/h8,18H,4-7H2,1-3H3/p+1. The van der Waals surface area contributed by atoms with Gasteiger partial charge in [0.25, 0.3) is 5.91 Å². The highest BCUT2D eigenvalue weighted by atomic mass is 16.3. The Morgan fingerprint density at radius 1 is 1.35 bits per heavy atom. The number of amidine groups is 1.